The lowest BCUT2D eigenvalue weighted by molar-refractivity contribution is -0.114. The van der Waals surface area contributed by atoms with Gasteiger partial charge in [0, 0.05) is 31.3 Å². The molecule has 0 unspecified atom stereocenters. The van der Waals surface area contributed by atoms with E-state index in [1.807, 2.05) is 18.7 Å². The summed E-state index contributed by atoms with van der Waals surface area (Å²) >= 11 is 1.26. The highest BCUT2D eigenvalue weighted by Gasteiger charge is 2.55. The van der Waals surface area contributed by atoms with Gasteiger partial charge in [0.05, 0.1) is 5.41 Å². The highest BCUT2D eigenvalue weighted by molar-refractivity contribution is 7.14. The Balaban J connectivity index is 1.55. The molecule has 2 atom stereocenters. The van der Waals surface area contributed by atoms with E-state index in [1.165, 1.54) is 18.3 Å². The van der Waals surface area contributed by atoms with E-state index in [1.54, 1.807) is 5.38 Å². The Morgan fingerprint density at radius 1 is 1.41 bits per heavy atom. The molecule has 1 N–H and O–H groups in total. The van der Waals surface area contributed by atoms with Gasteiger partial charge in [-0.15, -0.1) is 11.3 Å². The van der Waals surface area contributed by atoms with Crippen molar-refractivity contribution in [3.05, 3.63) is 22.8 Å². The lowest BCUT2D eigenvalue weighted by Gasteiger charge is -2.24. The summed E-state index contributed by atoms with van der Waals surface area (Å²) in [5.74, 6) is 1.61. The molecule has 0 spiro atoms. The molecule has 0 bridgehead atoms. The molecule has 1 aliphatic carbocycles. The van der Waals surface area contributed by atoms with Crippen molar-refractivity contribution in [3.63, 3.8) is 0 Å². The van der Waals surface area contributed by atoms with E-state index in [9.17, 15) is 9.59 Å². The summed E-state index contributed by atoms with van der Waals surface area (Å²) in [4.78, 5) is 34.9. The van der Waals surface area contributed by atoms with E-state index in [0.29, 0.717) is 41.5 Å². The van der Waals surface area contributed by atoms with Gasteiger partial charge in [-0.1, -0.05) is 25.4 Å². The Morgan fingerprint density at radius 3 is 2.93 bits per heavy atom. The van der Waals surface area contributed by atoms with Gasteiger partial charge < -0.3 is 14.7 Å². The number of hydrogen-bond acceptors (Lipinski definition) is 7. The summed E-state index contributed by atoms with van der Waals surface area (Å²) in [5.41, 5.74) is 0.124. The van der Waals surface area contributed by atoms with Crippen molar-refractivity contribution < 1.29 is 14.1 Å². The predicted molar refractivity (Wildman–Crippen MR) is 99.7 cm³/mol. The van der Waals surface area contributed by atoms with Gasteiger partial charge in [-0.2, -0.15) is 4.98 Å². The lowest BCUT2D eigenvalue weighted by atomic mass is 9.80. The van der Waals surface area contributed by atoms with Crippen LogP contribution in [0.2, 0.25) is 0 Å². The molecule has 144 valence electrons. The van der Waals surface area contributed by atoms with Gasteiger partial charge in [0.2, 0.25) is 11.8 Å². The first kappa shape index (κ1) is 18.1. The van der Waals surface area contributed by atoms with Crippen LogP contribution in [0.3, 0.4) is 0 Å². The summed E-state index contributed by atoms with van der Waals surface area (Å²) in [6.45, 7) is 6.74. The molecule has 3 heterocycles. The van der Waals surface area contributed by atoms with Crippen molar-refractivity contribution in [3.8, 4) is 0 Å². The number of aromatic nitrogens is 3. The number of carbonyl (C=O) groups excluding carboxylic acids is 2. The zero-order valence-electron chi connectivity index (χ0n) is 15.7. The van der Waals surface area contributed by atoms with Crippen molar-refractivity contribution in [1.29, 1.82) is 0 Å². The highest BCUT2D eigenvalue weighted by Crippen LogP contribution is 2.50. The third-order valence-corrected chi connectivity index (χ3v) is 6.31. The number of anilines is 1. The molecule has 8 nitrogen and oxygen atoms in total. The van der Waals surface area contributed by atoms with Crippen LogP contribution in [-0.4, -0.2) is 44.9 Å². The van der Waals surface area contributed by atoms with Crippen LogP contribution in [0, 0.1) is 5.92 Å². The molecule has 1 saturated carbocycles. The van der Waals surface area contributed by atoms with E-state index in [4.69, 9.17) is 4.52 Å². The minimum Gasteiger partial charge on any atom is -0.339 e. The zero-order valence-corrected chi connectivity index (χ0v) is 16.5. The molecule has 2 aliphatic rings. The maximum atomic E-state index is 13.0. The van der Waals surface area contributed by atoms with Crippen molar-refractivity contribution in [2.75, 3.05) is 18.4 Å². The van der Waals surface area contributed by atoms with Crippen LogP contribution >= 0.6 is 11.3 Å². The fourth-order valence-electron chi connectivity index (χ4n) is 4.21. The molecule has 4 rings (SSSR count). The molecule has 2 fully saturated rings. The number of fused-ring (bicyclic) bond motifs is 1. The normalized spacial score (nSPS) is 24.4. The molecule has 0 radical (unpaired) electrons. The molecule has 2 aromatic rings. The molecule has 9 heteroatoms. The second-order valence-corrected chi connectivity index (χ2v) is 8.62. The molecule has 2 amide bonds. The minimum absolute atomic E-state index is 0.111. The number of amides is 2. The SMILES string of the molecule is CC(=O)Nc1nc(C(=O)N2C[C@H]3CCC[C@@]3(c3nc(C(C)C)no3)C2)cs1. The third-order valence-electron chi connectivity index (χ3n) is 5.55. The average molecular weight is 389 g/mol. The summed E-state index contributed by atoms with van der Waals surface area (Å²) < 4.78 is 5.64. The second-order valence-electron chi connectivity index (χ2n) is 7.76. The molecule has 27 heavy (non-hydrogen) atoms. The minimum atomic E-state index is -0.244. The number of hydrogen-bond donors (Lipinski definition) is 1. The highest BCUT2D eigenvalue weighted by atomic mass is 32.1. The topological polar surface area (TPSA) is 101 Å². The second kappa shape index (κ2) is 6.70. The molecule has 0 aromatic carbocycles. The van der Waals surface area contributed by atoms with Crippen LogP contribution in [0.15, 0.2) is 9.90 Å². The molecule has 1 saturated heterocycles. The summed E-state index contributed by atoms with van der Waals surface area (Å²) in [7, 11) is 0. The zero-order chi connectivity index (χ0) is 19.2. The quantitative estimate of drug-likeness (QED) is 0.863. The van der Waals surface area contributed by atoms with Crippen LogP contribution < -0.4 is 5.32 Å². The first-order valence-electron chi connectivity index (χ1n) is 9.25. The number of carbonyl (C=O) groups is 2. The molecule has 2 aromatic heterocycles. The van der Waals surface area contributed by atoms with Gasteiger partial charge in [-0.05, 0) is 18.8 Å². The molecular weight excluding hydrogens is 366 g/mol. The fourth-order valence-corrected chi connectivity index (χ4v) is 4.94. The summed E-state index contributed by atoms with van der Waals surface area (Å²) in [6.07, 6.45) is 3.11. The van der Waals surface area contributed by atoms with Crippen molar-refractivity contribution in [2.24, 2.45) is 5.92 Å². The molecular formula is C18H23N5O3S. The average Bonchev–Trinajstić information content (AvgIpc) is 3.35. The van der Waals surface area contributed by atoms with E-state index >= 15 is 0 Å². The van der Waals surface area contributed by atoms with E-state index in [-0.39, 0.29) is 23.1 Å². The van der Waals surface area contributed by atoms with Gasteiger partial charge >= 0.3 is 0 Å². The van der Waals surface area contributed by atoms with Crippen LogP contribution in [0.1, 0.15) is 68.2 Å². The van der Waals surface area contributed by atoms with Gasteiger partial charge in [-0.25, -0.2) is 4.98 Å². The van der Waals surface area contributed by atoms with E-state index < -0.39 is 0 Å². The number of thiazole rings is 1. The van der Waals surface area contributed by atoms with Gasteiger partial charge in [0.25, 0.3) is 5.91 Å². The summed E-state index contributed by atoms with van der Waals surface area (Å²) in [6, 6.07) is 0. The Kier molecular flexibility index (Phi) is 4.49. The maximum Gasteiger partial charge on any atom is 0.273 e. The van der Waals surface area contributed by atoms with Gasteiger partial charge in [0.1, 0.15) is 5.69 Å². The Hall–Kier alpha value is -2.29. The number of nitrogens with zero attached hydrogens (tertiary/aromatic N) is 4. The van der Waals surface area contributed by atoms with Crippen LogP contribution in [-0.2, 0) is 10.2 Å². The first-order valence-corrected chi connectivity index (χ1v) is 10.1. The van der Waals surface area contributed by atoms with Crippen LogP contribution in [0.4, 0.5) is 5.13 Å². The smallest absolute Gasteiger partial charge is 0.273 e. The first-order chi connectivity index (χ1) is 12.9. The number of nitrogens with one attached hydrogen (secondary N) is 1. The van der Waals surface area contributed by atoms with E-state index in [0.717, 1.165) is 19.3 Å². The van der Waals surface area contributed by atoms with Crippen LogP contribution in [0.5, 0.6) is 0 Å². The van der Waals surface area contributed by atoms with E-state index in [2.05, 4.69) is 20.4 Å². The molecule has 1 aliphatic heterocycles. The predicted octanol–water partition coefficient (Wildman–Crippen LogP) is 2.80. The standard InChI is InChI=1S/C18H23N5O3S/c1-10(2)14-21-16(26-22-14)18-6-4-5-12(18)7-23(9-18)15(25)13-8-27-17(20-13)19-11(3)24/h8,10,12H,4-7,9H2,1-3H3,(H,19,20,24)/t12-,18-/m1/s1. The van der Waals surface area contributed by atoms with Gasteiger partial charge in [0.15, 0.2) is 11.0 Å². The summed E-state index contributed by atoms with van der Waals surface area (Å²) in [5, 5.41) is 8.89. The largest absolute Gasteiger partial charge is 0.339 e. The van der Waals surface area contributed by atoms with Gasteiger partial charge in [-0.3, -0.25) is 9.59 Å². The third kappa shape index (κ3) is 3.13. The Bertz CT molecular complexity index is 876. The maximum absolute atomic E-state index is 13.0. The number of likely N-dealkylation sites (tertiary alicyclic amines) is 1. The Labute approximate surface area is 161 Å². The lowest BCUT2D eigenvalue weighted by Crippen LogP contribution is -2.35. The van der Waals surface area contributed by atoms with Crippen molar-refractivity contribution in [1.82, 2.24) is 20.0 Å². The Morgan fingerprint density at radius 2 is 2.22 bits per heavy atom. The van der Waals surface area contributed by atoms with Crippen molar-refractivity contribution in [2.45, 2.75) is 51.4 Å². The van der Waals surface area contributed by atoms with Crippen LogP contribution in [0.25, 0.3) is 0 Å². The number of rotatable bonds is 4. The fraction of sp³-hybridized carbons (Fsp3) is 0.611. The monoisotopic (exact) mass is 389 g/mol. The van der Waals surface area contributed by atoms with Crippen molar-refractivity contribution >= 4 is 28.3 Å².